The molecule has 0 unspecified atom stereocenters. The highest BCUT2D eigenvalue weighted by molar-refractivity contribution is 6.33. The molecule has 0 radical (unpaired) electrons. The Hall–Kier alpha value is -2.94. The minimum absolute atomic E-state index is 0.0728. The van der Waals surface area contributed by atoms with E-state index in [1.807, 2.05) is 11.0 Å². The third-order valence-electron chi connectivity index (χ3n) is 5.38. The van der Waals surface area contributed by atoms with E-state index >= 15 is 0 Å². The number of fused-ring (bicyclic) bond motifs is 1. The van der Waals surface area contributed by atoms with Gasteiger partial charge in [0.1, 0.15) is 11.3 Å². The molecule has 7 nitrogen and oxygen atoms in total. The van der Waals surface area contributed by atoms with Crippen LogP contribution < -0.4 is 15.5 Å². The highest BCUT2D eigenvalue weighted by Crippen LogP contribution is 2.57. The number of anilines is 3. The molecule has 2 fully saturated rings. The number of carbonyl (C=O) groups excluding carboxylic acids is 1. The lowest BCUT2D eigenvalue weighted by molar-refractivity contribution is -0.170. The number of nitrogens with one attached hydrogen (secondary N) is 3. The molecule has 2 aliphatic rings. The van der Waals surface area contributed by atoms with Gasteiger partial charge in [-0.25, -0.2) is 18.6 Å². The van der Waals surface area contributed by atoms with E-state index in [-0.39, 0.29) is 18.3 Å². The number of pyridine rings is 2. The Morgan fingerprint density at radius 3 is 2.76 bits per heavy atom. The first-order chi connectivity index (χ1) is 13.8. The Morgan fingerprint density at radius 2 is 2.03 bits per heavy atom. The Morgan fingerprint density at radius 1 is 1.24 bits per heavy atom. The van der Waals surface area contributed by atoms with Crippen LogP contribution in [0.25, 0.3) is 11.0 Å². The number of rotatable bonds is 3. The lowest BCUT2D eigenvalue weighted by Gasteiger charge is -2.59. The summed E-state index contributed by atoms with van der Waals surface area (Å²) in [7, 11) is 0. The normalized spacial score (nSPS) is 18.9. The molecular weight excluding hydrogens is 402 g/mol. The molecule has 3 aromatic heterocycles. The molecule has 0 bridgehead atoms. The molecule has 1 spiro atoms. The zero-order valence-electron chi connectivity index (χ0n) is 15.2. The molecule has 29 heavy (non-hydrogen) atoms. The van der Waals surface area contributed by atoms with Crippen LogP contribution in [-0.4, -0.2) is 40.0 Å². The number of urea groups is 1. The van der Waals surface area contributed by atoms with Gasteiger partial charge in [0.15, 0.2) is 0 Å². The fourth-order valence-electron chi connectivity index (χ4n) is 4.25. The zero-order chi connectivity index (χ0) is 20.2. The predicted octanol–water partition coefficient (Wildman–Crippen LogP) is 4.49. The monoisotopic (exact) mass is 418 g/mol. The molecule has 150 valence electrons. The van der Waals surface area contributed by atoms with E-state index in [0.717, 1.165) is 5.52 Å². The highest BCUT2D eigenvalue weighted by Gasteiger charge is 2.62. The van der Waals surface area contributed by atoms with Crippen LogP contribution in [-0.2, 0) is 0 Å². The molecule has 3 aromatic rings. The number of aromatic nitrogens is 3. The Bertz CT molecular complexity index is 1100. The van der Waals surface area contributed by atoms with E-state index in [9.17, 15) is 13.6 Å². The first kappa shape index (κ1) is 18.1. The van der Waals surface area contributed by atoms with Gasteiger partial charge in [-0.05, 0) is 18.2 Å². The molecule has 2 amide bonds. The van der Waals surface area contributed by atoms with Gasteiger partial charge in [-0.15, -0.1) is 0 Å². The summed E-state index contributed by atoms with van der Waals surface area (Å²) in [5.41, 5.74) is 2.14. The van der Waals surface area contributed by atoms with Crippen LogP contribution in [0.1, 0.15) is 12.8 Å². The number of aromatic amines is 1. The zero-order valence-corrected chi connectivity index (χ0v) is 15.9. The van der Waals surface area contributed by atoms with Gasteiger partial charge in [0.05, 0.1) is 28.1 Å². The van der Waals surface area contributed by atoms with Crippen LogP contribution in [0.3, 0.4) is 0 Å². The van der Waals surface area contributed by atoms with Gasteiger partial charge < -0.3 is 20.5 Å². The topological polar surface area (TPSA) is 85.9 Å². The molecule has 1 saturated heterocycles. The second kappa shape index (κ2) is 6.28. The summed E-state index contributed by atoms with van der Waals surface area (Å²) in [5.74, 6) is -2.00. The fraction of sp³-hybridized carbons (Fsp3) is 0.316. The number of H-pyrrole nitrogens is 1. The van der Waals surface area contributed by atoms with Crippen molar-refractivity contribution in [3.8, 4) is 0 Å². The minimum atomic E-state index is -2.54. The van der Waals surface area contributed by atoms with Crippen molar-refractivity contribution in [2.24, 2.45) is 5.41 Å². The average Bonchev–Trinajstić information content (AvgIpc) is 3.01. The smallest absolute Gasteiger partial charge is 0.323 e. The summed E-state index contributed by atoms with van der Waals surface area (Å²) in [6.07, 6.45) is 4.66. The fourth-order valence-corrected chi connectivity index (χ4v) is 4.53. The highest BCUT2D eigenvalue weighted by atomic mass is 35.5. The Labute approximate surface area is 169 Å². The van der Waals surface area contributed by atoms with Gasteiger partial charge in [0.2, 0.25) is 5.92 Å². The van der Waals surface area contributed by atoms with Gasteiger partial charge in [-0.1, -0.05) is 11.6 Å². The standard InChI is InChI=1S/C19H17ClF2N6O/c20-12-4-11(5-25-16(12)28-9-18(10-28)7-19(21,22)8-18)26-17(29)27-14-6-24-13-2-1-3-23-15(13)14/h1-6,24H,7-10H2,(H2,26,27,29). The van der Waals surface area contributed by atoms with E-state index in [1.165, 1.54) is 6.20 Å². The van der Waals surface area contributed by atoms with E-state index in [4.69, 9.17) is 11.6 Å². The molecule has 1 saturated carbocycles. The second-order valence-corrected chi connectivity index (χ2v) is 8.18. The maximum absolute atomic E-state index is 13.1. The van der Waals surface area contributed by atoms with Gasteiger partial charge >= 0.3 is 6.03 Å². The van der Waals surface area contributed by atoms with Crippen molar-refractivity contribution < 1.29 is 13.6 Å². The third-order valence-corrected chi connectivity index (χ3v) is 5.66. The maximum Gasteiger partial charge on any atom is 0.323 e. The summed E-state index contributed by atoms with van der Waals surface area (Å²) in [4.78, 5) is 25.8. The quantitative estimate of drug-likeness (QED) is 0.585. The predicted molar refractivity (Wildman–Crippen MR) is 107 cm³/mol. The second-order valence-electron chi connectivity index (χ2n) is 7.78. The van der Waals surface area contributed by atoms with E-state index in [0.29, 0.717) is 40.8 Å². The lowest BCUT2D eigenvalue weighted by atomic mass is 9.61. The molecular formula is C19H17ClF2N6O. The Kier molecular flexibility index (Phi) is 3.92. The molecule has 10 heteroatoms. The summed E-state index contributed by atoms with van der Waals surface area (Å²) in [6.45, 7) is 1.05. The molecule has 1 aliphatic carbocycles. The number of hydrogen-bond donors (Lipinski definition) is 3. The van der Waals surface area contributed by atoms with Crippen molar-refractivity contribution in [2.75, 3.05) is 28.6 Å². The largest absolute Gasteiger partial charge is 0.358 e. The first-order valence-electron chi connectivity index (χ1n) is 9.11. The number of carbonyl (C=O) groups is 1. The summed E-state index contributed by atoms with van der Waals surface area (Å²) >= 11 is 6.31. The maximum atomic E-state index is 13.1. The van der Waals surface area contributed by atoms with Crippen LogP contribution >= 0.6 is 11.6 Å². The molecule has 0 atom stereocenters. The number of hydrogen-bond acceptors (Lipinski definition) is 4. The van der Waals surface area contributed by atoms with E-state index < -0.39 is 12.0 Å². The summed E-state index contributed by atoms with van der Waals surface area (Å²) in [6, 6.07) is 4.80. The van der Waals surface area contributed by atoms with E-state index in [1.54, 1.807) is 24.5 Å². The van der Waals surface area contributed by atoms with Crippen molar-refractivity contribution in [1.29, 1.82) is 0 Å². The molecule has 0 aromatic carbocycles. The van der Waals surface area contributed by atoms with Crippen molar-refractivity contribution in [3.63, 3.8) is 0 Å². The van der Waals surface area contributed by atoms with Crippen LogP contribution in [0.2, 0.25) is 5.02 Å². The van der Waals surface area contributed by atoms with Crippen LogP contribution in [0, 0.1) is 5.41 Å². The van der Waals surface area contributed by atoms with Gasteiger partial charge in [-0.2, -0.15) is 0 Å². The van der Waals surface area contributed by atoms with Crippen molar-refractivity contribution in [3.05, 3.63) is 41.8 Å². The number of amides is 2. The van der Waals surface area contributed by atoms with Crippen molar-refractivity contribution in [1.82, 2.24) is 15.0 Å². The van der Waals surface area contributed by atoms with Gasteiger partial charge in [0.25, 0.3) is 0 Å². The summed E-state index contributed by atoms with van der Waals surface area (Å²) < 4.78 is 26.3. The summed E-state index contributed by atoms with van der Waals surface area (Å²) in [5, 5.41) is 5.77. The number of nitrogens with zero attached hydrogens (tertiary/aromatic N) is 3. The molecule has 3 N–H and O–H groups in total. The van der Waals surface area contributed by atoms with E-state index in [2.05, 4.69) is 25.6 Å². The van der Waals surface area contributed by atoms with Crippen LogP contribution in [0.15, 0.2) is 36.8 Å². The molecule has 1 aliphatic heterocycles. The third kappa shape index (κ3) is 3.25. The van der Waals surface area contributed by atoms with Crippen LogP contribution in [0.4, 0.5) is 30.8 Å². The van der Waals surface area contributed by atoms with Crippen LogP contribution in [0.5, 0.6) is 0 Å². The van der Waals surface area contributed by atoms with Crippen molar-refractivity contribution >= 4 is 45.9 Å². The van der Waals surface area contributed by atoms with Crippen molar-refractivity contribution in [2.45, 2.75) is 18.8 Å². The minimum Gasteiger partial charge on any atom is -0.358 e. The molecule has 5 rings (SSSR count). The van der Waals surface area contributed by atoms with Gasteiger partial charge in [-0.3, -0.25) is 4.98 Å². The first-order valence-corrected chi connectivity index (χ1v) is 9.49. The lowest BCUT2D eigenvalue weighted by Crippen LogP contribution is -2.66. The Balaban J connectivity index is 1.22. The average molecular weight is 419 g/mol. The number of halogens is 3. The number of alkyl halides is 2. The SMILES string of the molecule is O=C(Nc1cnc(N2CC3(C2)CC(F)(F)C3)c(Cl)c1)Nc1c[nH]c2cccnc12. The molecule has 4 heterocycles. The van der Waals surface area contributed by atoms with Gasteiger partial charge in [0, 0.05) is 43.7 Å².